The van der Waals surface area contributed by atoms with Gasteiger partial charge < -0.3 is 5.32 Å². The molecule has 1 N–H and O–H groups in total. The van der Waals surface area contributed by atoms with E-state index in [-0.39, 0.29) is 0 Å². The van der Waals surface area contributed by atoms with Crippen molar-refractivity contribution < 1.29 is 0 Å². The summed E-state index contributed by atoms with van der Waals surface area (Å²) in [7, 11) is 0. The Balaban J connectivity index is 1.96. The zero-order chi connectivity index (χ0) is 13.1. The molecular formula is C16H22BrN. The van der Waals surface area contributed by atoms with Crippen LogP contribution in [0, 0.1) is 18.8 Å². The smallest absolute Gasteiger partial charge is 0.0487 e. The zero-order valence-electron chi connectivity index (χ0n) is 11.5. The zero-order valence-corrected chi connectivity index (χ0v) is 13.0. The second-order valence-electron chi connectivity index (χ2n) is 5.61. The average molecular weight is 308 g/mol. The first-order valence-electron chi connectivity index (χ1n) is 6.72. The van der Waals surface area contributed by atoms with Gasteiger partial charge in [-0.1, -0.05) is 30.7 Å². The quantitative estimate of drug-likeness (QED) is 0.760. The minimum atomic E-state index is 0.728. The molecule has 1 aromatic carbocycles. The lowest BCUT2D eigenvalue weighted by Gasteiger charge is -2.26. The van der Waals surface area contributed by atoms with E-state index in [1.165, 1.54) is 28.6 Å². The SMILES string of the molecule is CC1=CC(C)CC(CNc2cccc(C)c2Br)C1. The van der Waals surface area contributed by atoms with Crippen molar-refractivity contribution in [1.29, 1.82) is 0 Å². The van der Waals surface area contributed by atoms with Crippen LogP contribution in [0.1, 0.15) is 32.3 Å². The minimum Gasteiger partial charge on any atom is -0.384 e. The van der Waals surface area contributed by atoms with Gasteiger partial charge in [-0.15, -0.1) is 0 Å². The summed E-state index contributed by atoms with van der Waals surface area (Å²) in [5, 5.41) is 3.59. The highest BCUT2D eigenvalue weighted by molar-refractivity contribution is 9.10. The van der Waals surface area contributed by atoms with Crippen LogP contribution in [-0.4, -0.2) is 6.54 Å². The van der Waals surface area contributed by atoms with Gasteiger partial charge in [0.1, 0.15) is 0 Å². The molecule has 1 aliphatic carbocycles. The largest absolute Gasteiger partial charge is 0.384 e. The molecule has 18 heavy (non-hydrogen) atoms. The first-order valence-corrected chi connectivity index (χ1v) is 7.52. The van der Waals surface area contributed by atoms with Crippen molar-refractivity contribution in [3.8, 4) is 0 Å². The monoisotopic (exact) mass is 307 g/mol. The van der Waals surface area contributed by atoms with Gasteiger partial charge in [0.2, 0.25) is 0 Å². The number of rotatable bonds is 3. The van der Waals surface area contributed by atoms with E-state index < -0.39 is 0 Å². The van der Waals surface area contributed by atoms with E-state index in [2.05, 4.69) is 66.3 Å². The average Bonchev–Trinajstić information content (AvgIpc) is 2.30. The Morgan fingerprint density at radius 3 is 2.83 bits per heavy atom. The normalized spacial score (nSPS) is 23.7. The van der Waals surface area contributed by atoms with Crippen molar-refractivity contribution in [3.63, 3.8) is 0 Å². The topological polar surface area (TPSA) is 12.0 Å². The van der Waals surface area contributed by atoms with Crippen molar-refractivity contribution in [2.24, 2.45) is 11.8 Å². The molecule has 2 rings (SSSR count). The van der Waals surface area contributed by atoms with Crippen molar-refractivity contribution in [2.45, 2.75) is 33.6 Å². The summed E-state index contributed by atoms with van der Waals surface area (Å²) in [5.74, 6) is 1.49. The first kappa shape index (κ1) is 13.7. The number of benzene rings is 1. The molecule has 0 heterocycles. The summed E-state index contributed by atoms with van der Waals surface area (Å²) in [5.41, 5.74) is 4.05. The standard InChI is InChI=1S/C16H22BrN/c1-11-7-12(2)9-14(8-11)10-18-15-6-4-5-13(3)16(15)17/h4-7,11,14,18H,8-10H2,1-3H3. The number of nitrogens with one attached hydrogen (secondary N) is 1. The Morgan fingerprint density at radius 1 is 1.33 bits per heavy atom. The third-order valence-electron chi connectivity index (χ3n) is 3.66. The molecule has 0 aliphatic heterocycles. The molecule has 0 aromatic heterocycles. The van der Waals surface area contributed by atoms with Gasteiger partial charge in [0.15, 0.2) is 0 Å². The van der Waals surface area contributed by atoms with E-state index in [1.807, 2.05) is 0 Å². The molecule has 1 aromatic rings. The van der Waals surface area contributed by atoms with Crippen LogP contribution in [0.4, 0.5) is 5.69 Å². The Kier molecular flexibility index (Phi) is 4.50. The molecule has 0 saturated carbocycles. The molecule has 1 aliphatic rings. The van der Waals surface area contributed by atoms with Crippen molar-refractivity contribution in [3.05, 3.63) is 39.9 Å². The molecule has 0 bridgehead atoms. The van der Waals surface area contributed by atoms with Crippen LogP contribution < -0.4 is 5.32 Å². The molecule has 0 radical (unpaired) electrons. The molecule has 2 heteroatoms. The maximum atomic E-state index is 3.66. The van der Waals surface area contributed by atoms with Gasteiger partial charge in [-0.2, -0.15) is 0 Å². The van der Waals surface area contributed by atoms with E-state index >= 15 is 0 Å². The predicted molar refractivity (Wildman–Crippen MR) is 83.0 cm³/mol. The predicted octanol–water partition coefficient (Wildman–Crippen LogP) is 5.16. The van der Waals surface area contributed by atoms with E-state index in [1.54, 1.807) is 5.57 Å². The maximum absolute atomic E-state index is 3.66. The summed E-state index contributed by atoms with van der Waals surface area (Å²) in [6.07, 6.45) is 4.95. The number of hydrogen-bond acceptors (Lipinski definition) is 1. The lowest BCUT2D eigenvalue weighted by Crippen LogP contribution is -2.20. The molecule has 0 amide bonds. The molecule has 0 spiro atoms. The molecular weight excluding hydrogens is 286 g/mol. The van der Waals surface area contributed by atoms with Crippen molar-refractivity contribution in [1.82, 2.24) is 0 Å². The highest BCUT2D eigenvalue weighted by Gasteiger charge is 2.18. The molecule has 98 valence electrons. The Morgan fingerprint density at radius 2 is 2.11 bits per heavy atom. The van der Waals surface area contributed by atoms with Gasteiger partial charge in [0.25, 0.3) is 0 Å². The molecule has 1 nitrogen and oxygen atoms in total. The number of allylic oxidation sites excluding steroid dienone is 2. The molecule has 2 atom stereocenters. The first-order chi connectivity index (χ1) is 8.56. The fourth-order valence-corrected chi connectivity index (χ4v) is 3.28. The number of halogens is 1. The fraction of sp³-hybridized carbons (Fsp3) is 0.500. The third kappa shape index (κ3) is 3.38. The second kappa shape index (κ2) is 5.92. The van der Waals surface area contributed by atoms with Crippen LogP contribution in [0.5, 0.6) is 0 Å². The maximum Gasteiger partial charge on any atom is 0.0487 e. The molecule has 2 unspecified atom stereocenters. The third-order valence-corrected chi connectivity index (χ3v) is 4.71. The number of anilines is 1. The van der Waals surface area contributed by atoms with Gasteiger partial charge in [0, 0.05) is 16.7 Å². The van der Waals surface area contributed by atoms with Crippen LogP contribution >= 0.6 is 15.9 Å². The summed E-state index contributed by atoms with van der Waals surface area (Å²) in [6.45, 7) is 7.77. The van der Waals surface area contributed by atoms with Gasteiger partial charge in [-0.3, -0.25) is 0 Å². The minimum absolute atomic E-state index is 0.728. The summed E-state index contributed by atoms with van der Waals surface area (Å²) in [4.78, 5) is 0. The Hall–Kier alpha value is -0.760. The van der Waals surface area contributed by atoms with Crippen molar-refractivity contribution in [2.75, 3.05) is 11.9 Å². The van der Waals surface area contributed by atoms with Crippen LogP contribution in [0.25, 0.3) is 0 Å². The Bertz CT molecular complexity index is 450. The fourth-order valence-electron chi connectivity index (χ4n) is 2.88. The molecule has 0 fully saturated rings. The van der Waals surface area contributed by atoms with E-state index in [0.717, 1.165) is 18.4 Å². The lowest BCUT2D eigenvalue weighted by molar-refractivity contribution is 0.421. The summed E-state index contributed by atoms with van der Waals surface area (Å²) >= 11 is 3.66. The van der Waals surface area contributed by atoms with Crippen LogP contribution in [0.15, 0.2) is 34.3 Å². The van der Waals surface area contributed by atoms with Crippen molar-refractivity contribution >= 4 is 21.6 Å². The number of hydrogen-bond donors (Lipinski definition) is 1. The van der Waals surface area contributed by atoms with E-state index in [4.69, 9.17) is 0 Å². The van der Waals surface area contributed by atoms with Gasteiger partial charge >= 0.3 is 0 Å². The van der Waals surface area contributed by atoms with Crippen LogP contribution in [0.3, 0.4) is 0 Å². The lowest BCUT2D eigenvalue weighted by atomic mass is 9.84. The van der Waals surface area contributed by atoms with E-state index in [9.17, 15) is 0 Å². The van der Waals surface area contributed by atoms with Gasteiger partial charge in [-0.25, -0.2) is 0 Å². The van der Waals surface area contributed by atoms with Crippen LogP contribution in [0.2, 0.25) is 0 Å². The van der Waals surface area contributed by atoms with E-state index in [0.29, 0.717) is 0 Å². The summed E-state index contributed by atoms with van der Waals surface area (Å²) < 4.78 is 1.20. The highest BCUT2D eigenvalue weighted by Crippen LogP contribution is 2.30. The van der Waals surface area contributed by atoms with Gasteiger partial charge in [0.05, 0.1) is 0 Å². The highest BCUT2D eigenvalue weighted by atomic mass is 79.9. The molecule has 0 saturated heterocycles. The number of aryl methyl sites for hydroxylation is 1. The second-order valence-corrected chi connectivity index (χ2v) is 6.41. The van der Waals surface area contributed by atoms with Crippen LogP contribution in [-0.2, 0) is 0 Å². The van der Waals surface area contributed by atoms with Gasteiger partial charge in [-0.05, 0) is 66.1 Å². The Labute approximate surface area is 119 Å². The summed E-state index contributed by atoms with van der Waals surface area (Å²) in [6, 6.07) is 6.38.